The lowest BCUT2D eigenvalue weighted by atomic mass is 9.54. The Kier molecular flexibility index (Phi) is 4.89. The molecule has 5 atom stereocenters. The molecule has 2 aliphatic carbocycles. The Hall–Kier alpha value is -2.27. The fourth-order valence-corrected chi connectivity index (χ4v) is 5.87. The number of aromatic nitrogens is 1. The molecule has 0 spiro atoms. The van der Waals surface area contributed by atoms with Crippen molar-refractivity contribution in [2.75, 3.05) is 20.2 Å². The normalized spacial score (nSPS) is 33.1. The highest BCUT2D eigenvalue weighted by molar-refractivity contribution is 5.43. The van der Waals surface area contributed by atoms with Gasteiger partial charge in [-0.1, -0.05) is 51.1 Å². The van der Waals surface area contributed by atoms with Crippen LogP contribution in [0.3, 0.4) is 0 Å². The molecule has 30 heavy (non-hydrogen) atoms. The number of likely N-dealkylation sites (tertiary alicyclic amines) is 1. The average Bonchev–Trinajstić information content (AvgIpc) is 3.13. The minimum Gasteiger partial charge on any atom is -0.501 e. The molecule has 4 unspecified atom stereocenters. The van der Waals surface area contributed by atoms with Gasteiger partial charge in [0.2, 0.25) is 0 Å². The van der Waals surface area contributed by atoms with Crippen LogP contribution >= 0.6 is 0 Å². The van der Waals surface area contributed by atoms with Crippen LogP contribution in [0, 0.1) is 17.3 Å². The van der Waals surface area contributed by atoms with Gasteiger partial charge in [-0.25, -0.2) is 0 Å². The molecule has 5 rings (SSSR count). The van der Waals surface area contributed by atoms with E-state index in [4.69, 9.17) is 14.0 Å². The SMILES string of the molecule is COC1=CC(C)CC2[C@H](N3CCC3)c3onc(OCc4ccccc4)c3C(C)C12C. The van der Waals surface area contributed by atoms with Gasteiger partial charge in [-0.2, -0.15) is 0 Å². The molecule has 0 saturated carbocycles. The highest BCUT2D eigenvalue weighted by atomic mass is 16.5. The van der Waals surface area contributed by atoms with Gasteiger partial charge < -0.3 is 14.0 Å². The van der Waals surface area contributed by atoms with E-state index in [1.165, 1.54) is 6.42 Å². The van der Waals surface area contributed by atoms with E-state index in [1.807, 2.05) is 25.3 Å². The minimum absolute atomic E-state index is 0.106. The Morgan fingerprint density at radius 3 is 2.63 bits per heavy atom. The lowest BCUT2D eigenvalue weighted by molar-refractivity contribution is -0.0403. The molecule has 3 aliphatic rings. The third kappa shape index (κ3) is 2.89. The van der Waals surface area contributed by atoms with Crippen molar-refractivity contribution in [2.24, 2.45) is 17.3 Å². The minimum atomic E-state index is -0.106. The van der Waals surface area contributed by atoms with Crippen LogP contribution in [-0.4, -0.2) is 30.3 Å². The van der Waals surface area contributed by atoms with Crippen molar-refractivity contribution in [1.29, 1.82) is 0 Å². The molecule has 2 heterocycles. The van der Waals surface area contributed by atoms with Gasteiger partial charge in [0.1, 0.15) is 6.61 Å². The van der Waals surface area contributed by atoms with Gasteiger partial charge in [0.25, 0.3) is 5.88 Å². The summed E-state index contributed by atoms with van der Waals surface area (Å²) >= 11 is 0. The molecular weight excluding hydrogens is 376 g/mol. The van der Waals surface area contributed by atoms with Gasteiger partial charge in [0.05, 0.1) is 24.5 Å². The predicted octanol–water partition coefficient (Wildman–Crippen LogP) is 5.31. The van der Waals surface area contributed by atoms with Gasteiger partial charge >= 0.3 is 0 Å². The number of rotatable bonds is 5. The maximum absolute atomic E-state index is 6.21. The van der Waals surface area contributed by atoms with Crippen LogP contribution in [0.1, 0.15) is 62.5 Å². The van der Waals surface area contributed by atoms with Gasteiger partial charge in [-0.15, -0.1) is 0 Å². The highest BCUT2D eigenvalue weighted by Gasteiger charge is 2.58. The number of ether oxygens (including phenoxy) is 2. The molecule has 5 heteroatoms. The monoisotopic (exact) mass is 408 g/mol. The second-order valence-electron chi connectivity index (χ2n) is 9.43. The first kappa shape index (κ1) is 19.7. The number of allylic oxidation sites excluding steroid dienone is 2. The van der Waals surface area contributed by atoms with Crippen molar-refractivity contribution >= 4 is 0 Å². The Balaban J connectivity index is 1.56. The molecule has 0 radical (unpaired) electrons. The second-order valence-corrected chi connectivity index (χ2v) is 9.43. The van der Waals surface area contributed by atoms with Crippen LogP contribution < -0.4 is 4.74 Å². The van der Waals surface area contributed by atoms with Gasteiger partial charge in [-0.3, -0.25) is 4.90 Å². The van der Waals surface area contributed by atoms with E-state index >= 15 is 0 Å². The van der Waals surface area contributed by atoms with E-state index in [1.54, 1.807) is 0 Å². The van der Waals surface area contributed by atoms with Crippen LogP contribution in [0.25, 0.3) is 0 Å². The number of benzene rings is 1. The van der Waals surface area contributed by atoms with Crippen molar-refractivity contribution in [3.05, 3.63) is 59.1 Å². The summed E-state index contributed by atoms with van der Waals surface area (Å²) in [7, 11) is 1.81. The van der Waals surface area contributed by atoms with Crippen molar-refractivity contribution in [3.8, 4) is 5.88 Å². The number of methoxy groups -OCH3 is 1. The molecule has 2 aromatic rings. The van der Waals surface area contributed by atoms with E-state index in [2.05, 4.69) is 49.0 Å². The molecule has 1 aliphatic heterocycles. The first-order chi connectivity index (χ1) is 14.5. The lowest BCUT2D eigenvalue weighted by Gasteiger charge is -2.55. The first-order valence-corrected chi connectivity index (χ1v) is 11.2. The van der Waals surface area contributed by atoms with Gasteiger partial charge in [0, 0.05) is 24.4 Å². The third-order valence-corrected chi connectivity index (χ3v) is 7.79. The molecule has 0 N–H and O–H groups in total. The van der Waals surface area contributed by atoms with Crippen LogP contribution in [-0.2, 0) is 11.3 Å². The number of fused-ring (bicyclic) bond motifs is 2. The number of hydrogen-bond acceptors (Lipinski definition) is 5. The predicted molar refractivity (Wildman–Crippen MR) is 115 cm³/mol. The Labute approximate surface area is 179 Å². The van der Waals surface area contributed by atoms with E-state index in [0.29, 0.717) is 24.3 Å². The maximum Gasteiger partial charge on any atom is 0.258 e. The zero-order valence-electron chi connectivity index (χ0n) is 18.4. The van der Waals surface area contributed by atoms with Crippen LogP contribution in [0.2, 0.25) is 0 Å². The molecule has 1 aromatic carbocycles. The number of hydrogen-bond donors (Lipinski definition) is 0. The van der Waals surface area contributed by atoms with Crippen molar-refractivity contribution in [2.45, 2.75) is 52.2 Å². The lowest BCUT2D eigenvalue weighted by Crippen LogP contribution is -2.53. The number of nitrogens with zero attached hydrogens (tertiary/aromatic N) is 2. The molecular formula is C25H32N2O3. The molecule has 160 valence electrons. The Bertz CT molecular complexity index is 933. The standard InChI is InChI=1S/C25H32N2O3/c1-16-13-19-22(27-11-8-12-27)23-21(17(2)25(19,3)20(14-16)28-4)24(26-30-23)29-15-18-9-6-5-7-10-18/h5-7,9-10,14,16-17,19,22H,8,11-13,15H2,1-4H3/t16?,17?,19?,22-,25?/m0/s1. The summed E-state index contributed by atoms with van der Waals surface area (Å²) in [6.45, 7) is 9.67. The largest absolute Gasteiger partial charge is 0.501 e. The maximum atomic E-state index is 6.21. The van der Waals surface area contributed by atoms with Crippen LogP contribution in [0.15, 0.2) is 46.7 Å². The second kappa shape index (κ2) is 7.45. The van der Waals surface area contributed by atoms with E-state index < -0.39 is 0 Å². The van der Waals surface area contributed by atoms with Crippen molar-refractivity contribution in [1.82, 2.24) is 10.1 Å². The fourth-order valence-electron chi connectivity index (χ4n) is 5.87. The third-order valence-electron chi connectivity index (χ3n) is 7.79. The van der Waals surface area contributed by atoms with Crippen molar-refractivity contribution < 1.29 is 14.0 Å². The zero-order chi connectivity index (χ0) is 20.9. The summed E-state index contributed by atoms with van der Waals surface area (Å²) in [6, 6.07) is 10.5. The molecule has 1 aromatic heterocycles. The molecule has 5 nitrogen and oxygen atoms in total. The highest BCUT2D eigenvalue weighted by Crippen LogP contribution is 2.63. The quantitative estimate of drug-likeness (QED) is 0.671. The summed E-state index contributed by atoms with van der Waals surface area (Å²) in [6.07, 6.45) is 4.71. The molecule has 1 saturated heterocycles. The molecule has 0 amide bonds. The molecule has 0 bridgehead atoms. The summed E-state index contributed by atoms with van der Waals surface area (Å²) in [5.74, 6) is 3.88. The Morgan fingerprint density at radius 1 is 1.20 bits per heavy atom. The summed E-state index contributed by atoms with van der Waals surface area (Å²) in [4.78, 5) is 2.56. The topological polar surface area (TPSA) is 47.7 Å². The Morgan fingerprint density at radius 2 is 1.97 bits per heavy atom. The fraction of sp³-hybridized carbons (Fsp3) is 0.560. The smallest absolute Gasteiger partial charge is 0.258 e. The van der Waals surface area contributed by atoms with E-state index in [9.17, 15) is 0 Å². The summed E-state index contributed by atoms with van der Waals surface area (Å²) in [5.41, 5.74) is 2.15. The first-order valence-electron chi connectivity index (χ1n) is 11.2. The summed E-state index contributed by atoms with van der Waals surface area (Å²) in [5, 5.41) is 4.43. The van der Waals surface area contributed by atoms with Crippen LogP contribution in [0.4, 0.5) is 0 Å². The zero-order valence-corrected chi connectivity index (χ0v) is 18.4. The average molecular weight is 409 g/mol. The molecule has 1 fully saturated rings. The van der Waals surface area contributed by atoms with E-state index in [0.717, 1.165) is 42.2 Å². The van der Waals surface area contributed by atoms with Crippen molar-refractivity contribution in [3.63, 3.8) is 0 Å². The van der Waals surface area contributed by atoms with Gasteiger partial charge in [0.15, 0.2) is 5.76 Å². The van der Waals surface area contributed by atoms with Crippen LogP contribution in [0.5, 0.6) is 5.88 Å². The summed E-state index contributed by atoms with van der Waals surface area (Å²) < 4.78 is 18.2. The van der Waals surface area contributed by atoms with E-state index in [-0.39, 0.29) is 17.4 Å². The van der Waals surface area contributed by atoms with Gasteiger partial charge in [-0.05, 0) is 41.5 Å².